The average molecular weight is 131 g/mol. The predicted molar refractivity (Wildman–Crippen MR) is 42.2 cm³/mol. The SMILES string of the molecule is CC1=C(c2ccccc2)N1. The Hall–Kier alpha value is -1.24. The fraction of sp³-hybridized carbons (Fsp3) is 0.111. The highest BCUT2D eigenvalue weighted by molar-refractivity contribution is 5.78. The third-order valence-electron chi connectivity index (χ3n) is 1.69. The van der Waals surface area contributed by atoms with E-state index in [1.807, 2.05) is 6.07 Å². The first-order valence-corrected chi connectivity index (χ1v) is 3.41. The van der Waals surface area contributed by atoms with Gasteiger partial charge in [-0.2, -0.15) is 0 Å². The van der Waals surface area contributed by atoms with E-state index in [1.54, 1.807) is 0 Å². The minimum absolute atomic E-state index is 1.29. The van der Waals surface area contributed by atoms with Crippen LogP contribution in [0, 0.1) is 0 Å². The van der Waals surface area contributed by atoms with E-state index in [4.69, 9.17) is 0 Å². The van der Waals surface area contributed by atoms with Crippen molar-refractivity contribution in [2.75, 3.05) is 0 Å². The maximum Gasteiger partial charge on any atom is 0.0649 e. The molecule has 0 saturated heterocycles. The minimum atomic E-state index is 1.29. The van der Waals surface area contributed by atoms with Gasteiger partial charge in [0.05, 0.1) is 5.70 Å². The third kappa shape index (κ3) is 0.798. The normalized spacial score (nSPS) is 14.9. The second-order valence-corrected chi connectivity index (χ2v) is 2.49. The Labute approximate surface area is 60.4 Å². The van der Waals surface area contributed by atoms with Gasteiger partial charge >= 0.3 is 0 Å². The summed E-state index contributed by atoms with van der Waals surface area (Å²) >= 11 is 0. The smallest absolute Gasteiger partial charge is 0.0649 e. The van der Waals surface area contributed by atoms with Gasteiger partial charge in [-0.1, -0.05) is 30.3 Å². The number of nitrogens with one attached hydrogen (secondary N) is 1. The van der Waals surface area contributed by atoms with Crippen LogP contribution in [0.3, 0.4) is 0 Å². The van der Waals surface area contributed by atoms with Crippen molar-refractivity contribution >= 4 is 5.70 Å². The molecule has 0 atom stereocenters. The monoisotopic (exact) mass is 131 g/mol. The van der Waals surface area contributed by atoms with Gasteiger partial charge < -0.3 is 5.32 Å². The Bertz CT molecular complexity index is 272. The van der Waals surface area contributed by atoms with Crippen LogP contribution in [-0.4, -0.2) is 0 Å². The largest absolute Gasteiger partial charge is 0.356 e. The van der Waals surface area contributed by atoms with Crippen LogP contribution in [0.25, 0.3) is 5.70 Å². The second kappa shape index (κ2) is 1.87. The quantitative estimate of drug-likeness (QED) is 0.618. The molecular weight excluding hydrogens is 122 g/mol. The van der Waals surface area contributed by atoms with Gasteiger partial charge in [-0.25, -0.2) is 0 Å². The summed E-state index contributed by atoms with van der Waals surface area (Å²) in [5.74, 6) is 0. The summed E-state index contributed by atoms with van der Waals surface area (Å²) < 4.78 is 0. The lowest BCUT2D eigenvalue weighted by Gasteiger charge is -1.88. The number of hydrogen-bond donors (Lipinski definition) is 1. The van der Waals surface area contributed by atoms with Crippen molar-refractivity contribution in [3.05, 3.63) is 41.6 Å². The van der Waals surface area contributed by atoms with Gasteiger partial charge in [0, 0.05) is 5.70 Å². The summed E-state index contributed by atoms with van der Waals surface area (Å²) in [7, 11) is 0. The lowest BCUT2D eigenvalue weighted by Crippen LogP contribution is -1.79. The molecule has 0 unspecified atom stereocenters. The first-order chi connectivity index (χ1) is 4.88. The Morgan fingerprint density at radius 1 is 1.10 bits per heavy atom. The molecule has 0 aliphatic carbocycles. The summed E-state index contributed by atoms with van der Waals surface area (Å²) in [6, 6.07) is 10.4. The maximum absolute atomic E-state index is 3.18. The van der Waals surface area contributed by atoms with E-state index < -0.39 is 0 Å². The number of hydrogen-bond acceptors (Lipinski definition) is 1. The molecule has 0 aromatic heterocycles. The fourth-order valence-electron chi connectivity index (χ4n) is 1.05. The molecular formula is C9H9N. The van der Waals surface area contributed by atoms with Gasteiger partial charge in [0.15, 0.2) is 0 Å². The number of rotatable bonds is 1. The van der Waals surface area contributed by atoms with Gasteiger partial charge in [-0.3, -0.25) is 0 Å². The highest BCUT2D eigenvalue weighted by Crippen LogP contribution is 2.25. The Morgan fingerprint density at radius 2 is 1.70 bits per heavy atom. The minimum Gasteiger partial charge on any atom is -0.356 e. The molecule has 10 heavy (non-hydrogen) atoms. The van der Waals surface area contributed by atoms with Crippen LogP contribution >= 0.6 is 0 Å². The van der Waals surface area contributed by atoms with E-state index in [-0.39, 0.29) is 0 Å². The molecule has 1 aliphatic heterocycles. The topological polar surface area (TPSA) is 21.9 Å². The van der Waals surface area contributed by atoms with E-state index >= 15 is 0 Å². The lowest BCUT2D eigenvalue weighted by atomic mass is 10.2. The molecule has 2 rings (SSSR count). The van der Waals surface area contributed by atoms with E-state index in [0.29, 0.717) is 0 Å². The van der Waals surface area contributed by atoms with Crippen LogP contribution < -0.4 is 5.32 Å². The highest BCUT2D eigenvalue weighted by Gasteiger charge is 2.15. The van der Waals surface area contributed by atoms with Crippen molar-refractivity contribution in [1.29, 1.82) is 0 Å². The first-order valence-electron chi connectivity index (χ1n) is 3.41. The summed E-state index contributed by atoms with van der Waals surface area (Å²) in [5, 5.41) is 3.18. The summed E-state index contributed by atoms with van der Waals surface area (Å²) in [4.78, 5) is 0. The van der Waals surface area contributed by atoms with Crippen LogP contribution in [0.2, 0.25) is 0 Å². The van der Waals surface area contributed by atoms with Crippen molar-refractivity contribution in [2.24, 2.45) is 0 Å². The van der Waals surface area contributed by atoms with Crippen LogP contribution in [-0.2, 0) is 0 Å². The van der Waals surface area contributed by atoms with Crippen molar-refractivity contribution in [3.8, 4) is 0 Å². The zero-order valence-electron chi connectivity index (χ0n) is 5.89. The van der Waals surface area contributed by atoms with Gasteiger partial charge in [-0.15, -0.1) is 0 Å². The first kappa shape index (κ1) is 5.54. The molecule has 0 saturated carbocycles. The van der Waals surface area contributed by atoms with Crippen molar-refractivity contribution in [2.45, 2.75) is 6.92 Å². The number of allylic oxidation sites excluding steroid dienone is 1. The second-order valence-electron chi connectivity index (χ2n) is 2.49. The summed E-state index contributed by atoms with van der Waals surface area (Å²) in [6.07, 6.45) is 0. The van der Waals surface area contributed by atoms with Gasteiger partial charge in [-0.05, 0) is 12.5 Å². The molecule has 0 spiro atoms. The van der Waals surface area contributed by atoms with E-state index in [9.17, 15) is 0 Å². The standard InChI is InChI=1S/C9H9N/c1-7-9(10-7)8-5-3-2-4-6-8/h2-6,10H,1H3. The predicted octanol–water partition coefficient (Wildman–Crippen LogP) is 1.98. The molecule has 1 aromatic rings. The molecule has 0 radical (unpaired) electrons. The Morgan fingerprint density at radius 3 is 2.20 bits per heavy atom. The lowest BCUT2D eigenvalue weighted by molar-refractivity contribution is 1.31. The molecule has 1 aliphatic rings. The van der Waals surface area contributed by atoms with Crippen molar-refractivity contribution in [3.63, 3.8) is 0 Å². The van der Waals surface area contributed by atoms with Gasteiger partial charge in [0.25, 0.3) is 0 Å². The zero-order valence-corrected chi connectivity index (χ0v) is 5.89. The molecule has 50 valence electrons. The average Bonchev–Trinajstić information content (AvgIpc) is 2.69. The molecule has 0 bridgehead atoms. The third-order valence-corrected chi connectivity index (χ3v) is 1.69. The maximum atomic E-state index is 3.18. The van der Waals surface area contributed by atoms with E-state index in [0.717, 1.165) is 0 Å². The van der Waals surface area contributed by atoms with Crippen LogP contribution in [0.1, 0.15) is 12.5 Å². The summed E-state index contributed by atoms with van der Waals surface area (Å²) in [5.41, 5.74) is 3.88. The number of benzene rings is 1. The molecule has 1 heteroatoms. The van der Waals surface area contributed by atoms with Crippen molar-refractivity contribution < 1.29 is 0 Å². The molecule has 1 nitrogen and oxygen atoms in total. The molecule has 0 fully saturated rings. The van der Waals surface area contributed by atoms with Crippen LogP contribution in [0.15, 0.2) is 36.0 Å². The molecule has 1 aromatic carbocycles. The molecule has 1 N–H and O–H groups in total. The summed E-state index contributed by atoms with van der Waals surface area (Å²) in [6.45, 7) is 2.09. The molecule has 0 amide bonds. The van der Waals surface area contributed by atoms with Crippen LogP contribution in [0.4, 0.5) is 0 Å². The van der Waals surface area contributed by atoms with Gasteiger partial charge in [0.1, 0.15) is 0 Å². The van der Waals surface area contributed by atoms with Crippen molar-refractivity contribution in [1.82, 2.24) is 5.32 Å². The van der Waals surface area contributed by atoms with E-state index in [1.165, 1.54) is 17.0 Å². The molecule has 1 heterocycles. The zero-order chi connectivity index (χ0) is 6.97. The Balaban J connectivity index is 2.37. The van der Waals surface area contributed by atoms with Crippen LogP contribution in [0.5, 0.6) is 0 Å². The van der Waals surface area contributed by atoms with Gasteiger partial charge in [0.2, 0.25) is 0 Å². The highest BCUT2D eigenvalue weighted by atomic mass is 15.0. The Kier molecular flexibility index (Phi) is 1.04. The fourth-order valence-corrected chi connectivity index (χ4v) is 1.05. The van der Waals surface area contributed by atoms with E-state index in [2.05, 4.69) is 36.5 Å².